The summed E-state index contributed by atoms with van der Waals surface area (Å²) in [6, 6.07) is 9.16. The van der Waals surface area contributed by atoms with E-state index in [0.717, 1.165) is 12.8 Å². The molecule has 0 bridgehead atoms. The molecule has 0 aliphatic carbocycles. The normalized spacial score (nSPS) is 17.3. The number of ether oxygens (including phenoxy) is 1. The zero-order valence-corrected chi connectivity index (χ0v) is 15.0. The van der Waals surface area contributed by atoms with Crippen LogP contribution >= 0.6 is 15.9 Å². The molecule has 0 radical (unpaired) electrons. The second-order valence-corrected chi connectivity index (χ2v) is 6.10. The van der Waals surface area contributed by atoms with Gasteiger partial charge in [-0.2, -0.15) is 0 Å². The number of aryl methyl sites for hydroxylation is 1. The number of carbonyl (C=O) groups is 3. The molecule has 1 aliphatic rings. The quantitative estimate of drug-likeness (QED) is 0.427. The fourth-order valence-electron chi connectivity index (χ4n) is 2.62. The van der Waals surface area contributed by atoms with Crippen molar-refractivity contribution >= 4 is 33.7 Å². The van der Waals surface area contributed by atoms with Crippen molar-refractivity contribution in [1.82, 2.24) is 10.2 Å². The molecule has 6 nitrogen and oxygen atoms in total. The van der Waals surface area contributed by atoms with Crippen LogP contribution in [0.15, 0.2) is 30.3 Å². The minimum atomic E-state index is -0.787. The van der Waals surface area contributed by atoms with E-state index < -0.39 is 12.0 Å². The fourth-order valence-corrected chi connectivity index (χ4v) is 2.94. The molecule has 7 heteroatoms. The summed E-state index contributed by atoms with van der Waals surface area (Å²) in [4.78, 5) is 37.2. The number of hydrogen-bond donors (Lipinski definition) is 1. The van der Waals surface area contributed by atoms with E-state index in [2.05, 4.69) is 21.2 Å². The molecule has 1 N–H and O–H groups in total. The van der Waals surface area contributed by atoms with E-state index in [0.29, 0.717) is 19.7 Å². The van der Waals surface area contributed by atoms with Gasteiger partial charge < -0.3 is 15.0 Å². The number of alkyl halides is 1. The first-order chi connectivity index (χ1) is 11.6. The number of carbonyl (C=O) groups excluding carboxylic acids is 3. The number of benzene rings is 1. The Balaban J connectivity index is 1.77. The van der Waals surface area contributed by atoms with Crippen molar-refractivity contribution in [3.05, 3.63) is 35.9 Å². The lowest BCUT2D eigenvalue weighted by Gasteiger charge is -2.34. The molecule has 2 rings (SSSR count). The van der Waals surface area contributed by atoms with E-state index in [1.165, 1.54) is 10.5 Å². The van der Waals surface area contributed by atoms with Crippen LogP contribution in [0, 0.1) is 0 Å². The van der Waals surface area contributed by atoms with Gasteiger partial charge >= 0.3 is 5.97 Å². The number of nitrogens with zero attached hydrogens (tertiary/aromatic N) is 1. The molecule has 1 saturated heterocycles. The number of piperazine rings is 1. The third-order valence-electron chi connectivity index (χ3n) is 3.84. The first kappa shape index (κ1) is 18.4. The van der Waals surface area contributed by atoms with Crippen LogP contribution in [0.25, 0.3) is 0 Å². The Kier molecular flexibility index (Phi) is 7.24. The molecule has 1 fully saturated rings. The summed E-state index contributed by atoms with van der Waals surface area (Å²) in [6.45, 7) is 1.11. The van der Waals surface area contributed by atoms with Crippen molar-refractivity contribution in [2.24, 2.45) is 0 Å². The second-order valence-electron chi connectivity index (χ2n) is 5.54. The predicted molar refractivity (Wildman–Crippen MR) is 92.6 cm³/mol. The molecule has 1 unspecified atom stereocenters. The molecule has 0 aromatic heterocycles. The van der Waals surface area contributed by atoms with Crippen molar-refractivity contribution < 1.29 is 19.1 Å². The lowest BCUT2D eigenvalue weighted by Crippen LogP contribution is -2.58. The fraction of sp³-hybridized carbons (Fsp3) is 0.471. The predicted octanol–water partition coefficient (Wildman–Crippen LogP) is 1.27. The van der Waals surface area contributed by atoms with Gasteiger partial charge in [0.1, 0.15) is 6.04 Å². The number of rotatable bonds is 7. The van der Waals surface area contributed by atoms with E-state index in [1.807, 2.05) is 30.3 Å². The topological polar surface area (TPSA) is 75.7 Å². The van der Waals surface area contributed by atoms with Gasteiger partial charge in [-0.1, -0.05) is 46.3 Å². The van der Waals surface area contributed by atoms with E-state index in [4.69, 9.17) is 4.74 Å². The van der Waals surface area contributed by atoms with Gasteiger partial charge in [0.05, 0.1) is 18.4 Å². The van der Waals surface area contributed by atoms with Crippen LogP contribution in [0.4, 0.5) is 0 Å². The molecule has 1 atom stereocenters. The summed E-state index contributed by atoms with van der Waals surface area (Å²) in [5.74, 6) is -0.971. The number of esters is 1. The largest absolute Gasteiger partial charge is 0.466 e. The van der Waals surface area contributed by atoms with Crippen LogP contribution in [-0.4, -0.2) is 53.8 Å². The van der Waals surface area contributed by atoms with Crippen molar-refractivity contribution in [2.45, 2.75) is 25.3 Å². The highest BCUT2D eigenvalue weighted by Crippen LogP contribution is 2.12. The van der Waals surface area contributed by atoms with Gasteiger partial charge in [0.25, 0.3) is 0 Å². The monoisotopic (exact) mass is 396 g/mol. The molecule has 24 heavy (non-hydrogen) atoms. The van der Waals surface area contributed by atoms with Crippen LogP contribution in [0.5, 0.6) is 0 Å². The van der Waals surface area contributed by atoms with E-state index in [9.17, 15) is 14.4 Å². The highest BCUT2D eigenvalue weighted by Gasteiger charge is 2.34. The Bertz CT molecular complexity index is 579. The molecule has 0 spiro atoms. The lowest BCUT2D eigenvalue weighted by molar-refractivity contribution is -0.151. The molecular formula is C17H21BrN2O4. The van der Waals surface area contributed by atoms with Gasteiger partial charge in [-0.25, -0.2) is 0 Å². The maximum atomic E-state index is 12.0. The Hall–Kier alpha value is -1.89. The first-order valence-electron chi connectivity index (χ1n) is 7.94. The standard InChI is InChI=1S/C17H21BrN2O4/c18-12-15(21)20-9-8-19-17(23)14(20)11-16(22)24-10-4-7-13-5-2-1-3-6-13/h1-3,5-6,14H,4,7-12H2,(H,19,23). The first-order valence-corrected chi connectivity index (χ1v) is 9.06. The molecule has 0 saturated carbocycles. The average Bonchev–Trinajstić information content (AvgIpc) is 2.60. The summed E-state index contributed by atoms with van der Waals surface area (Å²) in [6.07, 6.45) is 1.43. The number of hydrogen-bond acceptors (Lipinski definition) is 4. The number of nitrogens with one attached hydrogen (secondary N) is 1. The second kappa shape index (κ2) is 9.42. The van der Waals surface area contributed by atoms with Gasteiger partial charge in [-0.3, -0.25) is 14.4 Å². The van der Waals surface area contributed by atoms with E-state index >= 15 is 0 Å². The van der Waals surface area contributed by atoms with Gasteiger partial charge in [0.2, 0.25) is 11.8 Å². The van der Waals surface area contributed by atoms with E-state index in [1.54, 1.807) is 0 Å². The van der Waals surface area contributed by atoms with Crippen LogP contribution in [0.1, 0.15) is 18.4 Å². The molecule has 130 valence electrons. The number of halogens is 1. The van der Waals surface area contributed by atoms with Crippen LogP contribution in [0.2, 0.25) is 0 Å². The SMILES string of the molecule is O=C(CC1C(=O)NCCN1C(=O)CBr)OCCCc1ccccc1. The molecule has 1 aromatic rings. The summed E-state index contributed by atoms with van der Waals surface area (Å²) in [5.41, 5.74) is 1.19. The highest BCUT2D eigenvalue weighted by molar-refractivity contribution is 9.09. The molecular weight excluding hydrogens is 376 g/mol. The highest BCUT2D eigenvalue weighted by atomic mass is 79.9. The molecule has 1 heterocycles. The zero-order valence-electron chi connectivity index (χ0n) is 13.4. The smallest absolute Gasteiger partial charge is 0.308 e. The van der Waals surface area contributed by atoms with Crippen molar-refractivity contribution in [3.63, 3.8) is 0 Å². The van der Waals surface area contributed by atoms with Crippen LogP contribution in [-0.2, 0) is 25.5 Å². The van der Waals surface area contributed by atoms with Gasteiger partial charge in [0, 0.05) is 13.1 Å². The van der Waals surface area contributed by atoms with E-state index in [-0.39, 0.29) is 23.6 Å². The zero-order chi connectivity index (χ0) is 17.4. The molecule has 1 aromatic carbocycles. The summed E-state index contributed by atoms with van der Waals surface area (Å²) < 4.78 is 5.21. The third kappa shape index (κ3) is 5.33. The van der Waals surface area contributed by atoms with Gasteiger partial charge in [-0.05, 0) is 18.4 Å². The number of amides is 2. The Morgan fingerprint density at radius 2 is 2.04 bits per heavy atom. The van der Waals surface area contributed by atoms with Crippen molar-refractivity contribution in [1.29, 1.82) is 0 Å². The summed E-state index contributed by atoms with van der Waals surface area (Å²) in [7, 11) is 0. The maximum Gasteiger partial charge on any atom is 0.308 e. The third-order valence-corrected chi connectivity index (χ3v) is 4.32. The van der Waals surface area contributed by atoms with Gasteiger partial charge in [-0.15, -0.1) is 0 Å². The Morgan fingerprint density at radius 3 is 2.75 bits per heavy atom. The maximum absolute atomic E-state index is 12.0. The van der Waals surface area contributed by atoms with Crippen molar-refractivity contribution in [3.8, 4) is 0 Å². The van der Waals surface area contributed by atoms with Crippen molar-refractivity contribution in [2.75, 3.05) is 25.0 Å². The minimum absolute atomic E-state index is 0.115. The van der Waals surface area contributed by atoms with Crippen LogP contribution in [0.3, 0.4) is 0 Å². The molecule has 1 aliphatic heterocycles. The Labute approximate surface area is 149 Å². The van der Waals surface area contributed by atoms with Gasteiger partial charge in [0.15, 0.2) is 0 Å². The lowest BCUT2D eigenvalue weighted by atomic mass is 10.1. The molecule has 2 amide bonds. The summed E-state index contributed by atoms with van der Waals surface area (Å²) >= 11 is 3.10. The minimum Gasteiger partial charge on any atom is -0.466 e. The van der Waals surface area contributed by atoms with Crippen LogP contribution < -0.4 is 5.32 Å². The average molecular weight is 397 g/mol. The Morgan fingerprint density at radius 1 is 1.29 bits per heavy atom. The summed E-state index contributed by atoms with van der Waals surface area (Å²) in [5, 5.41) is 2.81.